The van der Waals surface area contributed by atoms with Crippen LogP contribution < -0.4 is 10.2 Å². The van der Waals surface area contributed by atoms with Crippen LogP contribution in [0.5, 0.6) is 11.5 Å². The first kappa shape index (κ1) is 19.1. The quantitative estimate of drug-likeness (QED) is 0.296. The van der Waals surface area contributed by atoms with E-state index in [0.29, 0.717) is 16.3 Å². The van der Waals surface area contributed by atoms with Gasteiger partial charge in [-0.05, 0) is 54.1 Å². The molecule has 6 nitrogen and oxygen atoms in total. The van der Waals surface area contributed by atoms with Gasteiger partial charge in [0.1, 0.15) is 11.5 Å². The van der Waals surface area contributed by atoms with E-state index in [1.807, 2.05) is 0 Å². The molecule has 28 heavy (non-hydrogen) atoms. The molecule has 0 aliphatic rings. The van der Waals surface area contributed by atoms with E-state index >= 15 is 0 Å². The molecular formula is C21H15ClN2O4. The summed E-state index contributed by atoms with van der Waals surface area (Å²) in [6.45, 7) is 0. The average molecular weight is 395 g/mol. The number of nitrogens with one attached hydrogen (secondary N) is 1. The van der Waals surface area contributed by atoms with E-state index in [1.165, 1.54) is 18.3 Å². The Bertz CT molecular complexity index is 1030. The van der Waals surface area contributed by atoms with Crippen molar-refractivity contribution in [1.82, 2.24) is 5.43 Å². The van der Waals surface area contributed by atoms with Crippen molar-refractivity contribution in [3.05, 3.63) is 94.5 Å². The summed E-state index contributed by atoms with van der Waals surface area (Å²) in [6.07, 6.45) is 1.43. The number of esters is 1. The molecule has 0 radical (unpaired) electrons. The number of phenols is 1. The van der Waals surface area contributed by atoms with Crippen LogP contribution >= 0.6 is 11.6 Å². The molecule has 1 amide bonds. The Labute approximate surface area is 166 Å². The molecule has 0 saturated carbocycles. The molecule has 3 aromatic carbocycles. The van der Waals surface area contributed by atoms with Gasteiger partial charge in [-0.15, -0.1) is 0 Å². The number of rotatable bonds is 5. The second kappa shape index (κ2) is 8.83. The second-order valence-corrected chi connectivity index (χ2v) is 6.06. The predicted octanol–water partition coefficient (Wildman–Crippen LogP) is 4.03. The lowest BCUT2D eigenvalue weighted by Crippen LogP contribution is -2.17. The number of para-hydroxylation sites is 1. The Morgan fingerprint density at radius 1 is 0.929 bits per heavy atom. The lowest BCUT2D eigenvalue weighted by Gasteiger charge is -2.06. The van der Waals surface area contributed by atoms with Crippen molar-refractivity contribution in [1.29, 1.82) is 0 Å². The first-order valence-corrected chi connectivity index (χ1v) is 8.60. The molecule has 0 bridgehead atoms. The smallest absolute Gasteiger partial charge is 0.345 e. The largest absolute Gasteiger partial charge is 0.507 e. The van der Waals surface area contributed by atoms with Crippen molar-refractivity contribution in [3.63, 3.8) is 0 Å². The summed E-state index contributed by atoms with van der Waals surface area (Å²) in [5.41, 5.74) is 3.42. The highest BCUT2D eigenvalue weighted by molar-refractivity contribution is 6.33. The van der Waals surface area contributed by atoms with Gasteiger partial charge in [-0.1, -0.05) is 35.9 Å². The van der Waals surface area contributed by atoms with Gasteiger partial charge < -0.3 is 9.84 Å². The van der Waals surface area contributed by atoms with Gasteiger partial charge in [-0.25, -0.2) is 10.2 Å². The van der Waals surface area contributed by atoms with Gasteiger partial charge in [0.05, 0.1) is 22.4 Å². The summed E-state index contributed by atoms with van der Waals surface area (Å²) in [5, 5.41) is 13.8. The number of aromatic hydroxyl groups is 1. The maximum absolute atomic E-state index is 12.1. The van der Waals surface area contributed by atoms with E-state index in [2.05, 4.69) is 10.5 Å². The number of hydrogen-bond donors (Lipinski definition) is 2. The number of halogens is 1. The van der Waals surface area contributed by atoms with Crippen molar-refractivity contribution >= 4 is 29.7 Å². The van der Waals surface area contributed by atoms with Gasteiger partial charge in [-0.3, -0.25) is 4.79 Å². The Kier molecular flexibility index (Phi) is 6.04. The standard InChI is InChI=1S/C21H15ClN2O4/c22-18-7-3-1-5-16(18)21(27)28-15-11-9-14(10-12-15)13-23-24-20(26)17-6-2-4-8-19(17)25/h1-13,25H,(H,24,26). The van der Waals surface area contributed by atoms with Crippen molar-refractivity contribution in [2.75, 3.05) is 0 Å². The number of nitrogens with zero attached hydrogens (tertiary/aromatic N) is 1. The highest BCUT2D eigenvalue weighted by atomic mass is 35.5. The number of amides is 1. The molecule has 0 saturated heterocycles. The molecule has 3 rings (SSSR count). The summed E-state index contributed by atoms with van der Waals surface area (Å²) in [7, 11) is 0. The molecule has 0 fully saturated rings. The minimum Gasteiger partial charge on any atom is -0.507 e. The molecule has 0 aliphatic carbocycles. The van der Waals surface area contributed by atoms with Crippen LogP contribution in [0.25, 0.3) is 0 Å². The van der Waals surface area contributed by atoms with Gasteiger partial charge in [-0.2, -0.15) is 5.10 Å². The average Bonchev–Trinajstić information content (AvgIpc) is 2.70. The van der Waals surface area contributed by atoms with E-state index in [1.54, 1.807) is 60.7 Å². The Morgan fingerprint density at radius 3 is 2.25 bits per heavy atom. The molecule has 2 N–H and O–H groups in total. The van der Waals surface area contributed by atoms with Gasteiger partial charge in [0.2, 0.25) is 0 Å². The third kappa shape index (κ3) is 4.75. The molecule has 0 heterocycles. The van der Waals surface area contributed by atoms with Crippen molar-refractivity contribution in [2.45, 2.75) is 0 Å². The van der Waals surface area contributed by atoms with Gasteiger partial charge in [0.15, 0.2) is 0 Å². The van der Waals surface area contributed by atoms with E-state index in [0.717, 1.165) is 0 Å². The lowest BCUT2D eigenvalue weighted by molar-refractivity contribution is 0.0734. The van der Waals surface area contributed by atoms with E-state index < -0.39 is 11.9 Å². The van der Waals surface area contributed by atoms with Crippen LogP contribution in [0.15, 0.2) is 77.9 Å². The van der Waals surface area contributed by atoms with Crippen LogP contribution in [0.2, 0.25) is 5.02 Å². The number of hydrazone groups is 1. The third-order valence-electron chi connectivity index (χ3n) is 3.71. The number of hydrogen-bond acceptors (Lipinski definition) is 5. The van der Waals surface area contributed by atoms with Crippen LogP contribution in [-0.2, 0) is 0 Å². The Balaban J connectivity index is 1.59. The first-order chi connectivity index (χ1) is 13.5. The van der Waals surface area contributed by atoms with E-state index in [4.69, 9.17) is 16.3 Å². The third-order valence-corrected chi connectivity index (χ3v) is 4.04. The predicted molar refractivity (Wildman–Crippen MR) is 106 cm³/mol. The molecule has 0 aliphatic heterocycles. The maximum atomic E-state index is 12.1. The number of carbonyl (C=O) groups excluding carboxylic acids is 2. The monoisotopic (exact) mass is 394 g/mol. The minimum absolute atomic E-state index is 0.125. The zero-order valence-corrected chi connectivity index (χ0v) is 15.3. The maximum Gasteiger partial charge on any atom is 0.345 e. The van der Waals surface area contributed by atoms with E-state index in [-0.39, 0.29) is 16.9 Å². The highest BCUT2D eigenvalue weighted by Gasteiger charge is 2.12. The van der Waals surface area contributed by atoms with Crippen LogP contribution in [0.1, 0.15) is 26.3 Å². The number of phenolic OH excluding ortho intramolecular Hbond substituents is 1. The normalized spacial score (nSPS) is 10.6. The molecule has 0 atom stereocenters. The topological polar surface area (TPSA) is 88.0 Å². The van der Waals surface area contributed by atoms with Gasteiger partial charge in [0, 0.05) is 0 Å². The first-order valence-electron chi connectivity index (χ1n) is 8.23. The van der Waals surface area contributed by atoms with Crippen LogP contribution in [0, 0.1) is 0 Å². The summed E-state index contributed by atoms with van der Waals surface area (Å²) >= 11 is 5.98. The Hall–Kier alpha value is -3.64. The van der Waals surface area contributed by atoms with Crippen molar-refractivity contribution < 1.29 is 19.4 Å². The fourth-order valence-electron chi connectivity index (χ4n) is 2.30. The van der Waals surface area contributed by atoms with Gasteiger partial charge in [0.25, 0.3) is 5.91 Å². The van der Waals surface area contributed by atoms with E-state index in [9.17, 15) is 14.7 Å². The van der Waals surface area contributed by atoms with Gasteiger partial charge >= 0.3 is 5.97 Å². The fourth-order valence-corrected chi connectivity index (χ4v) is 2.51. The number of ether oxygens (including phenoxy) is 1. The molecule has 140 valence electrons. The van der Waals surface area contributed by atoms with Crippen LogP contribution in [-0.4, -0.2) is 23.2 Å². The molecular weight excluding hydrogens is 380 g/mol. The molecule has 3 aromatic rings. The Morgan fingerprint density at radius 2 is 1.57 bits per heavy atom. The second-order valence-electron chi connectivity index (χ2n) is 5.65. The lowest BCUT2D eigenvalue weighted by atomic mass is 10.2. The zero-order valence-electron chi connectivity index (χ0n) is 14.5. The summed E-state index contributed by atoms with van der Waals surface area (Å²) in [4.78, 5) is 24.1. The summed E-state index contributed by atoms with van der Waals surface area (Å²) in [5.74, 6) is -0.859. The summed E-state index contributed by atoms with van der Waals surface area (Å²) in [6, 6.07) is 19.3. The minimum atomic E-state index is -0.554. The van der Waals surface area contributed by atoms with Crippen LogP contribution in [0.4, 0.5) is 0 Å². The highest BCUT2D eigenvalue weighted by Crippen LogP contribution is 2.19. The van der Waals surface area contributed by atoms with Crippen molar-refractivity contribution in [2.24, 2.45) is 5.10 Å². The molecule has 0 aromatic heterocycles. The fraction of sp³-hybridized carbons (Fsp3) is 0. The zero-order chi connectivity index (χ0) is 19.9. The molecule has 0 unspecified atom stereocenters. The van der Waals surface area contributed by atoms with Crippen molar-refractivity contribution in [3.8, 4) is 11.5 Å². The number of benzene rings is 3. The molecule has 7 heteroatoms. The number of carbonyl (C=O) groups is 2. The SMILES string of the molecule is O=C(NN=Cc1ccc(OC(=O)c2ccccc2Cl)cc1)c1ccccc1O. The summed E-state index contributed by atoms with van der Waals surface area (Å²) < 4.78 is 5.28. The van der Waals surface area contributed by atoms with Crippen LogP contribution in [0.3, 0.4) is 0 Å². The molecule has 0 spiro atoms.